The van der Waals surface area contributed by atoms with Gasteiger partial charge in [0.25, 0.3) is 0 Å². The van der Waals surface area contributed by atoms with Crippen LogP contribution in [-0.4, -0.2) is 37.7 Å². The maximum Gasteiger partial charge on any atom is 0.0590 e. The van der Waals surface area contributed by atoms with E-state index in [-0.39, 0.29) is 0 Å². The van der Waals surface area contributed by atoms with Crippen LogP contribution in [0.4, 0.5) is 0 Å². The second kappa shape index (κ2) is 7.04. The van der Waals surface area contributed by atoms with E-state index in [0.29, 0.717) is 18.6 Å². The molecule has 1 aliphatic carbocycles. The zero-order valence-corrected chi connectivity index (χ0v) is 12.1. The number of hydrogen-bond donors (Lipinski definition) is 1. The molecule has 0 heterocycles. The number of benzene rings is 1. The van der Waals surface area contributed by atoms with Crippen LogP contribution in [0.25, 0.3) is 0 Å². The lowest BCUT2D eigenvalue weighted by Gasteiger charge is -2.32. The van der Waals surface area contributed by atoms with E-state index < -0.39 is 0 Å². The summed E-state index contributed by atoms with van der Waals surface area (Å²) >= 11 is 0. The van der Waals surface area contributed by atoms with Crippen molar-refractivity contribution in [1.29, 1.82) is 0 Å². The lowest BCUT2D eigenvalue weighted by molar-refractivity contribution is 0.115. The third-order valence-corrected chi connectivity index (χ3v) is 3.99. The Morgan fingerprint density at radius 3 is 2.68 bits per heavy atom. The Hall–Kier alpha value is -0.900. The van der Waals surface area contributed by atoms with Crippen molar-refractivity contribution >= 4 is 0 Å². The van der Waals surface area contributed by atoms with Gasteiger partial charge >= 0.3 is 0 Å². The highest BCUT2D eigenvalue weighted by molar-refractivity contribution is 5.30. The number of nitrogens with two attached hydrogens (primary N) is 1. The molecule has 19 heavy (non-hydrogen) atoms. The summed E-state index contributed by atoms with van der Waals surface area (Å²) in [6.07, 6.45) is 3.67. The van der Waals surface area contributed by atoms with Gasteiger partial charge in [0.2, 0.25) is 0 Å². The Morgan fingerprint density at radius 2 is 2.11 bits per heavy atom. The predicted octanol–water partition coefficient (Wildman–Crippen LogP) is 2.36. The van der Waals surface area contributed by atoms with Gasteiger partial charge in [-0.15, -0.1) is 0 Å². The van der Waals surface area contributed by atoms with Gasteiger partial charge in [-0.3, -0.25) is 4.90 Å². The van der Waals surface area contributed by atoms with E-state index in [4.69, 9.17) is 10.5 Å². The van der Waals surface area contributed by atoms with E-state index in [2.05, 4.69) is 36.1 Å². The molecule has 2 rings (SSSR count). The maximum atomic E-state index is 6.08. The third kappa shape index (κ3) is 3.56. The molecule has 0 radical (unpaired) electrons. The van der Waals surface area contributed by atoms with Crippen LogP contribution in [0, 0.1) is 0 Å². The molecular formula is C16H26N2O. The molecule has 1 atom stereocenters. The van der Waals surface area contributed by atoms with Gasteiger partial charge in [0, 0.05) is 32.3 Å². The Labute approximate surface area is 116 Å². The summed E-state index contributed by atoms with van der Waals surface area (Å²) in [4.78, 5) is 2.54. The van der Waals surface area contributed by atoms with Crippen molar-refractivity contribution in [2.45, 2.75) is 38.3 Å². The zero-order chi connectivity index (χ0) is 13.7. The smallest absolute Gasteiger partial charge is 0.0590 e. The van der Waals surface area contributed by atoms with Crippen LogP contribution >= 0.6 is 0 Å². The van der Waals surface area contributed by atoms with Crippen molar-refractivity contribution in [3.63, 3.8) is 0 Å². The van der Waals surface area contributed by atoms with Crippen molar-refractivity contribution in [2.24, 2.45) is 5.73 Å². The van der Waals surface area contributed by atoms with E-state index in [1.54, 1.807) is 7.11 Å². The van der Waals surface area contributed by atoms with Crippen LogP contribution in [0.15, 0.2) is 24.3 Å². The van der Waals surface area contributed by atoms with Crippen LogP contribution in [0.1, 0.15) is 36.9 Å². The normalized spacial score (nSPS) is 16.8. The Kier molecular flexibility index (Phi) is 5.37. The molecule has 1 saturated carbocycles. The van der Waals surface area contributed by atoms with Crippen LogP contribution in [0.3, 0.4) is 0 Å². The number of nitrogens with zero attached hydrogens (tertiary/aromatic N) is 1. The molecule has 0 aliphatic heterocycles. The first-order valence-electron chi connectivity index (χ1n) is 7.34. The molecule has 1 fully saturated rings. The highest BCUT2D eigenvalue weighted by Crippen LogP contribution is 2.34. The van der Waals surface area contributed by atoms with Crippen molar-refractivity contribution in [2.75, 3.05) is 26.8 Å². The van der Waals surface area contributed by atoms with Crippen molar-refractivity contribution in [3.8, 4) is 0 Å². The summed E-state index contributed by atoms with van der Waals surface area (Å²) in [5, 5.41) is 0. The van der Waals surface area contributed by atoms with Gasteiger partial charge in [-0.05, 0) is 30.4 Å². The minimum absolute atomic E-state index is 0.332. The molecule has 1 aliphatic rings. The summed E-state index contributed by atoms with van der Waals surface area (Å²) < 4.78 is 5.25. The van der Waals surface area contributed by atoms with Crippen molar-refractivity contribution in [1.82, 2.24) is 4.90 Å². The second-order valence-corrected chi connectivity index (χ2v) is 5.27. The van der Waals surface area contributed by atoms with E-state index in [1.807, 2.05) is 0 Å². The molecule has 3 nitrogen and oxygen atoms in total. The number of hydrogen-bond acceptors (Lipinski definition) is 3. The Bertz CT molecular complexity index is 390. The average Bonchev–Trinajstić information content (AvgIpc) is 3.28. The van der Waals surface area contributed by atoms with Crippen molar-refractivity contribution < 1.29 is 4.74 Å². The van der Waals surface area contributed by atoms with E-state index in [0.717, 1.165) is 19.6 Å². The monoisotopic (exact) mass is 262 g/mol. The summed E-state index contributed by atoms with van der Waals surface area (Å²) in [7, 11) is 1.77. The SMILES string of the molecule is CCc1ccccc1C(CN)N(CCOC)C1CC1. The molecule has 0 amide bonds. The molecule has 0 bridgehead atoms. The van der Waals surface area contributed by atoms with Crippen LogP contribution < -0.4 is 5.73 Å². The maximum absolute atomic E-state index is 6.08. The first kappa shape index (κ1) is 14.5. The molecule has 0 aromatic heterocycles. The van der Waals surface area contributed by atoms with Gasteiger partial charge in [-0.1, -0.05) is 31.2 Å². The molecular weight excluding hydrogens is 236 g/mol. The minimum atomic E-state index is 0.332. The van der Waals surface area contributed by atoms with Gasteiger partial charge in [0.05, 0.1) is 6.61 Å². The van der Waals surface area contributed by atoms with E-state index in [9.17, 15) is 0 Å². The van der Waals surface area contributed by atoms with Gasteiger partial charge in [-0.25, -0.2) is 0 Å². The number of rotatable bonds is 8. The fourth-order valence-corrected chi connectivity index (χ4v) is 2.82. The molecule has 1 aromatic rings. The lowest BCUT2D eigenvalue weighted by Crippen LogP contribution is -2.38. The Morgan fingerprint density at radius 1 is 1.37 bits per heavy atom. The highest BCUT2D eigenvalue weighted by atomic mass is 16.5. The summed E-state index contributed by atoms with van der Waals surface area (Å²) in [5.74, 6) is 0. The summed E-state index contributed by atoms with van der Waals surface area (Å²) in [6, 6.07) is 9.73. The number of ether oxygens (including phenoxy) is 1. The first-order chi connectivity index (χ1) is 9.31. The van der Waals surface area contributed by atoms with Gasteiger partial charge in [-0.2, -0.15) is 0 Å². The summed E-state index contributed by atoms with van der Waals surface area (Å²) in [5.41, 5.74) is 8.90. The minimum Gasteiger partial charge on any atom is -0.383 e. The van der Waals surface area contributed by atoms with Crippen LogP contribution in [0.5, 0.6) is 0 Å². The molecule has 0 saturated heterocycles. The van der Waals surface area contributed by atoms with Gasteiger partial charge in [0.15, 0.2) is 0 Å². The number of methoxy groups -OCH3 is 1. The molecule has 106 valence electrons. The van der Waals surface area contributed by atoms with Crippen LogP contribution in [-0.2, 0) is 11.2 Å². The van der Waals surface area contributed by atoms with E-state index >= 15 is 0 Å². The first-order valence-corrected chi connectivity index (χ1v) is 7.34. The second-order valence-electron chi connectivity index (χ2n) is 5.27. The molecule has 1 unspecified atom stereocenters. The zero-order valence-electron chi connectivity index (χ0n) is 12.1. The third-order valence-electron chi connectivity index (χ3n) is 3.99. The van der Waals surface area contributed by atoms with Gasteiger partial charge in [0.1, 0.15) is 0 Å². The number of aryl methyl sites for hydroxylation is 1. The van der Waals surface area contributed by atoms with E-state index in [1.165, 1.54) is 24.0 Å². The fraction of sp³-hybridized carbons (Fsp3) is 0.625. The Balaban J connectivity index is 2.20. The lowest BCUT2D eigenvalue weighted by atomic mass is 9.97. The highest BCUT2D eigenvalue weighted by Gasteiger charge is 2.34. The average molecular weight is 262 g/mol. The van der Waals surface area contributed by atoms with Gasteiger partial charge < -0.3 is 10.5 Å². The molecule has 1 aromatic carbocycles. The predicted molar refractivity (Wildman–Crippen MR) is 79.2 cm³/mol. The standard InChI is InChI=1S/C16H26N2O/c1-3-13-6-4-5-7-15(13)16(12-17)18(10-11-19-2)14-8-9-14/h4-7,14,16H,3,8-12,17H2,1-2H3. The molecule has 3 heteroatoms. The quantitative estimate of drug-likeness (QED) is 0.781. The topological polar surface area (TPSA) is 38.5 Å². The summed E-state index contributed by atoms with van der Waals surface area (Å²) in [6.45, 7) is 4.64. The molecule has 0 spiro atoms. The van der Waals surface area contributed by atoms with Crippen molar-refractivity contribution in [3.05, 3.63) is 35.4 Å². The van der Waals surface area contributed by atoms with Crippen LogP contribution in [0.2, 0.25) is 0 Å². The largest absolute Gasteiger partial charge is 0.383 e. The fourth-order valence-electron chi connectivity index (χ4n) is 2.82. The molecule has 2 N–H and O–H groups in total.